The van der Waals surface area contributed by atoms with Crippen molar-refractivity contribution in [2.45, 2.75) is 31.7 Å². The van der Waals surface area contributed by atoms with Crippen molar-refractivity contribution in [1.82, 2.24) is 5.32 Å². The van der Waals surface area contributed by atoms with Crippen LogP contribution in [0.1, 0.15) is 37.3 Å². The molecule has 16 heavy (non-hydrogen) atoms. The zero-order chi connectivity index (χ0) is 11.4. The molecule has 1 fully saturated rings. The van der Waals surface area contributed by atoms with E-state index >= 15 is 0 Å². The van der Waals surface area contributed by atoms with Crippen LogP contribution in [0.3, 0.4) is 0 Å². The van der Waals surface area contributed by atoms with E-state index < -0.39 is 0 Å². The summed E-state index contributed by atoms with van der Waals surface area (Å²) < 4.78 is 5.45. The van der Waals surface area contributed by atoms with Gasteiger partial charge in [0, 0.05) is 11.6 Å². The number of nitrogens with one attached hydrogen (secondary N) is 1. The number of hydrogen-bond donors (Lipinski definition) is 1. The van der Waals surface area contributed by atoms with Gasteiger partial charge in [-0.05, 0) is 31.9 Å². The van der Waals surface area contributed by atoms with Crippen molar-refractivity contribution in [3.63, 3.8) is 0 Å². The van der Waals surface area contributed by atoms with E-state index in [-0.39, 0.29) is 0 Å². The van der Waals surface area contributed by atoms with Gasteiger partial charge in [-0.1, -0.05) is 31.0 Å². The maximum absolute atomic E-state index is 5.45. The van der Waals surface area contributed by atoms with Crippen molar-refractivity contribution in [2.24, 2.45) is 5.92 Å². The Morgan fingerprint density at radius 2 is 1.94 bits per heavy atom. The minimum Gasteiger partial charge on any atom is -0.496 e. The topological polar surface area (TPSA) is 21.3 Å². The Bertz CT molecular complexity index is 331. The van der Waals surface area contributed by atoms with Crippen molar-refractivity contribution in [3.05, 3.63) is 29.8 Å². The second-order valence-electron chi connectivity index (χ2n) is 4.55. The zero-order valence-corrected chi connectivity index (χ0v) is 10.2. The molecule has 2 nitrogen and oxygen atoms in total. The van der Waals surface area contributed by atoms with Crippen LogP contribution in [0.15, 0.2) is 24.3 Å². The highest BCUT2D eigenvalue weighted by Gasteiger charge is 2.26. The van der Waals surface area contributed by atoms with Crippen molar-refractivity contribution >= 4 is 0 Å². The molecule has 0 saturated heterocycles. The van der Waals surface area contributed by atoms with Gasteiger partial charge in [-0.15, -0.1) is 0 Å². The van der Waals surface area contributed by atoms with E-state index in [1.165, 1.54) is 31.2 Å². The number of rotatable bonds is 4. The smallest absolute Gasteiger partial charge is 0.123 e. The van der Waals surface area contributed by atoms with Crippen LogP contribution < -0.4 is 10.1 Å². The molecule has 0 bridgehead atoms. The lowest BCUT2D eigenvalue weighted by Gasteiger charge is -2.25. The molecular formula is C14H21NO. The molecule has 1 aromatic rings. The fourth-order valence-corrected chi connectivity index (χ4v) is 2.86. The van der Waals surface area contributed by atoms with E-state index in [0.29, 0.717) is 6.04 Å². The largest absolute Gasteiger partial charge is 0.496 e. The van der Waals surface area contributed by atoms with Crippen molar-refractivity contribution in [3.8, 4) is 5.75 Å². The molecule has 1 aliphatic rings. The second kappa shape index (κ2) is 5.35. The summed E-state index contributed by atoms with van der Waals surface area (Å²) >= 11 is 0. The Labute approximate surface area is 98.0 Å². The summed E-state index contributed by atoms with van der Waals surface area (Å²) in [6.45, 7) is 0. The highest BCUT2D eigenvalue weighted by Crippen LogP contribution is 2.38. The molecular weight excluding hydrogens is 198 g/mol. The van der Waals surface area contributed by atoms with Gasteiger partial charge in [-0.2, -0.15) is 0 Å². The van der Waals surface area contributed by atoms with Crippen LogP contribution in [0.5, 0.6) is 5.75 Å². The van der Waals surface area contributed by atoms with Crippen molar-refractivity contribution in [2.75, 3.05) is 14.2 Å². The van der Waals surface area contributed by atoms with E-state index in [4.69, 9.17) is 4.74 Å². The average molecular weight is 219 g/mol. The van der Waals surface area contributed by atoms with E-state index in [9.17, 15) is 0 Å². The fourth-order valence-electron chi connectivity index (χ4n) is 2.86. The van der Waals surface area contributed by atoms with Gasteiger partial charge in [-0.3, -0.25) is 0 Å². The molecule has 2 heteroatoms. The first kappa shape index (κ1) is 11.5. The fraction of sp³-hybridized carbons (Fsp3) is 0.571. The Morgan fingerprint density at radius 1 is 1.25 bits per heavy atom. The summed E-state index contributed by atoms with van der Waals surface area (Å²) in [5.41, 5.74) is 1.31. The molecule has 88 valence electrons. The summed E-state index contributed by atoms with van der Waals surface area (Å²) in [6.07, 6.45) is 5.42. The average Bonchev–Trinajstić information content (AvgIpc) is 2.84. The van der Waals surface area contributed by atoms with Gasteiger partial charge in [0.1, 0.15) is 5.75 Å². The van der Waals surface area contributed by atoms with E-state index in [1.807, 2.05) is 6.07 Å². The second-order valence-corrected chi connectivity index (χ2v) is 4.55. The summed E-state index contributed by atoms with van der Waals surface area (Å²) in [5.74, 6) is 1.77. The molecule has 1 aromatic carbocycles. The summed E-state index contributed by atoms with van der Waals surface area (Å²) in [5, 5.41) is 3.46. The Morgan fingerprint density at radius 3 is 2.56 bits per heavy atom. The molecule has 2 rings (SSSR count). The molecule has 1 atom stereocenters. The highest BCUT2D eigenvalue weighted by molar-refractivity contribution is 5.36. The summed E-state index contributed by atoms with van der Waals surface area (Å²) in [7, 11) is 3.80. The van der Waals surface area contributed by atoms with Crippen LogP contribution in [-0.4, -0.2) is 14.2 Å². The number of methoxy groups -OCH3 is 1. The molecule has 0 heterocycles. The molecule has 0 aliphatic heterocycles. The number of para-hydroxylation sites is 1. The van der Waals surface area contributed by atoms with Gasteiger partial charge in [0.2, 0.25) is 0 Å². The number of benzene rings is 1. The van der Waals surface area contributed by atoms with Crippen LogP contribution in [0.25, 0.3) is 0 Å². The van der Waals surface area contributed by atoms with Crippen LogP contribution >= 0.6 is 0 Å². The maximum atomic E-state index is 5.45. The molecule has 1 N–H and O–H groups in total. The summed E-state index contributed by atoms with van der Waals surface area (Å²) in [6, 6.07) is 8.80. The number of ether oxygens (including phenoxy) is 1. The summed E-state index contributed by atoms with van der Waals surface area (Å²) in [4.78, 5) is 0. The third kappa shape index (κ3) is 2.22. The molecule has 1 unspecified atom stereocenters. The Hall–Kier alpha value is -1.02. The molecule has 0 radical (unpaired) electrons. The lowest BCUT2D eigenvalue weighted by molar-refractivity contribution is 0.359. The SMILES string of the molecule is CNC(c1ccccc1OC)C1CCCC1. The maximum Gasteiger partial charge on any atom is 0.123 e. The van der Waals surface area contributed by atoms with Crippen LogP contribution in [0.4, 0.5) is 0 Å². The molecule has 1 aliphatic carbocycles. The molecule has 0 spiro atoms. The van der Waals surface area contributed by atoms with E-state index in [0.717, 1.165) is 11.7 Å². The van der Waals surface area contributed by atoms with Gasteiger partial charge in [-0.25, -0.2) is 0 Å². The normalized spacial score (nSPS) is 18.6. The Balaban J connectivity index is 2.24. The Kier molecular flexibility index (Phi) is 3.83. The minimum absolute atomic E-state index is 0.443. The van der Waals surface area contributed by atoms with Gasteiger partial charge in [0.25, 0.3) is 0 Å². The zero-order valence-electron chi connectivity index (χ0n) is 10.2. The molecule has 0 amide bonds. The lowest BCUT2D eigenvalue weighted by atomic mass is 9.91. The minimum atomic E-state index is 0.443. The van der Waals surface area contributed by atoms with Crippen LogP contribution in [0.2, 0.25) is 0 Å². The van der Waals surface area contributed by atoms with Gasteiger partial charge < -0.3 is 10.1 Å². The van der Waals surface area contributed by atoms with Gasteiger partial charge in [0.05, 0.1) is 7.11 Å². The predicted octanol–water partition coefficient (Wildman–Crippen LogP) is 3.15. The molecule has 0 aromatic heterocycles. The third-order valence-corrected chi connectivity index (χ3v) is 3.66. The first-order chi connectivity index (χ1) is 7.86. The van der Waals surface area contributed by atoms with Crippen LogP contribution in [-0.2, 0) is 0 Å². The highest BCUT2D eigenvalue weighted by atomic mass is 16.5. The first-order valence-electron chi connectivity index (χ1n) is 6.17. The lowest BCUT2D eigenvalue weighted by Crippen LogP contribution is -2.24. The standard InChI is InChI=1S/C14H21NO/c1-15-14(11-7-3-4-8-11)12-9-5-6-10-13(12)16-2/h5-6,9-11,14-15H,3-4,7-8H2,1-2H3. The van der Waals surface area contributed by atoms with Gasteiger partial charge >= 0.3 is 0 Å². The monoisotopic (exact) mass is 219 g/mol. The predicted molar refractivity (Wildman–Crippen MR) is 66.8 cm³/mol. The van der Waals surface area contributed by atoms with Crippen molar-refractivity contribution < 1.29 is 4.74 Å². The third-order valence-electron chi connectivity index (χ3n) is 3.66. The quantitative estimate of drug-likeness (QED) is 0.840. The number of hydrogen-bond acceptors (Lipinski definition) is 2. The van der Waals surface area contributed by atoms with Gasteiger partial charge in [0.15, 0.2) is 0 Å². The van der Waals surface area contributed by atoms with Crippen molar-refractivity contribution in [1.29, 1.82) is 0 Å². The first-order valence-corrected chi connectivity index (χ1v) is 6.17. The van der Waals surface area contributed by atoms with Crippen LogP contribution in [0, 0.1) is 5.92 Å². The van der Waals surface area contributed by atoms with E-state index in [1.54, 1.807) is 7.11 Å². The van der Waals surface area contributed by atoms with E-state index in [2.05, 4.69) is 30.6 Å². The molecule has 1 saturated carbocycles.